The third-order valence-electron chi connectivity index (χ3n) is 4.91. The fourth-order valence-electron chi connectivity index (χ4n) is 3.47. The minimum atomic E-state index is -0.0187. The van der Waals surface area contributed by atoms with Gasteiger partial charge in [0.1, 0.15) is 5.69 Å². The molecule has 0 radical (unpaired) electrons. The zero-order valence-corrected chi connectivity index (χ0v) is 15.8. The molecule has 1 amide bonds. The maximum absolute atomic E-state index is 12.9. The van der Waals surface area contributed by atoms with Gasteiger partial charge in [0.2, 0.25) is 0 Å². The quantitative estimate of drug-likeness (QED) is 0.474. The topological polar surface area (TPSA) is 51.9 Å². The van der Waals surface area contributed by atoms with E-state index in [9.17, 15) is 4.79 Å². The number of nitrogens with one attached hydrogen (secondary N) is 1. The van der Waals surface area contributed by atoms with E-state index in [1.165, 1.54) is 5.56 Å². The molecular weight excluding hydrogens is 348 g/mol. The number of amides is 1. The molecule has 0 unspecified atom stereocenters. The van der Waals surface area contributed by atoms with Crippen molar-refractivity contribution in [3.05, 3.63) is 90.6 Å². The van der Waals surface area contributed by atoms with Crippen LogP contribution in [0.2, 0.25) is 0 Å². The fourth-order valence-corrected chi connectivity index (χ4v) is 3.47. The molecule has 2 aromatic carbocycles. The lowest BCUT2D eigenvalue weighted by Crippen LogP contribution is -2.27. The van der Waals surface area contributed by atoms with Crippen LogP contribution in [-0.2, 0) is 13.1 Å². The van der Waals surface area contributed by atoms with Crippen molar-refractivity contribution in [1.82, 2.24) is 19.4 Å². The summed E-state index contributed by atoms with van der Waals surface area (Å²) < 4.78 is 4.16. The van der Waals surface area contributed by atoms with E-state index in [-0.39, 0.29) is 5.91 Å². The monoisotopic (exact) mass is 372 g/mol. The van der Waals surface area contributed by atoms with Crippen LogP contribution in [0.3, 0.4) is 0 Å². The number of carbonyl (C=O) groups is 1. The minimum Gasteiger partial charge on any atom is -0.351 e. The molecule has 0 bridgehead atoms. The summed E-state index contributed by atoms with van der Waals surface area (Å²) in [7, 11) is 0. The first-order chi connectivity index (χ1) is 13.8. The van der Waals surface area contributed by atoms with Gasteiger partial charge in [0.25, 0.3) is 5.91 Å². The van der Waals surface area contributed by atoms with Crippen molar-refractivity contribution in [2.45, 2.75) is 25.9 Å². The summed E-state index contributed by atoms with van der Waals surface area (Å²) in [6, 6.07) is 20.4. The van der Waals surface area contributed by atoms with Gasteiger partial charge in [0.05, 0.1) is 6.33 Å². The van der Waals surface area contributed by atoms with Gasteiger partial charge in [-0.2, -0.15) is 0 Å². The zero-order chi connectivity index (χ0) is 19.2. The van der Waals surface area contributed by atoms with Gasteiger partial charge in [-0.3, -0.25) is 4.79 Å². The van der Waals surface area contributed by atoms with Crippen molar-refractivity contribution in [3.8, 4) is 0 Å². The summed E-state index contributed by atoms with van der Waals surface area (Å²) in [4.78, 5) is 16.9. The molecule has 5 nitrogen and oxygen atoms in total. The molecule has 0 saturated heterocycles. The van der Waals surface area contributed by atoms with E-state index in [2.05, 4.69) is 43.7 Å². The number of para-hydroxylation sites is 1. The standard InChI is InChI=1S/C23H24N4O/c28-23(25-12-6-7-14-26-15-13-24-18-26)22-16-20-10-4-5-11-21(20)27(22)17-19-8-2-1-3-9-19/h1-5,8-11,13,15-16,18H,6-7,12,14,17H2,(H,25,28). The molecule has 4 rings (SSSR count). The first kappa shape index (κ1) is 18.0. The van der Waals surface area contributed by atoms with Crippen LogP contribution < -0.4 is 5.32 Å². The van der Waals surface area contributed by atoms with Crippen molar-refractivity contribution in [1.29, 1.82) is 0 Å². The molecule has 0 spiro atoms. The van der Waals surface area contributed by atoms with Gasteiger partial charge >= 0.3 is 0 Å². The van der Waals surface area contributed by atoms with Crippen molar-refractivity contribution in [3.63, 3.8) is 0 Å². The highest BCUT2D eigenvalue weighted by Crippen LogP contribution is 2.21. The first-order valence-electron chi connectivity index (χ1n) is 9.67. The van der Waals surface area contributed by atoms with Crippen LogP contribution in [0.15, 0.2) is 79.4 Å². The van der Waals surface area contributed by atoms with Crippen molar-refractivity contribution >= 4 is 16.8 Å². The highest BCUT2D eigenvalue weighted by Gasteiger charge is 2.15. The second kappa shape index (κ2) is 8.57. The molecule has 2 heterocycles. The number of aryl methyl sites for hydroxylation is 1. The number of nitrogens with zero attached hydrogens (tertiary/aromatic N) is 3. The van der Waals surface area contributed by atoms with E-state index in [4.69, 9.17) is 0 Å². The molecule has 5 heteroatoms. The molecule has 0 aliphatic heterocycles. The minimum absolute atomic E-state index is 0.0187. The average Bonchev–Trinajstić information content (AvgIpc) is 3.37. The number of rotatable bonds is 8. The maximum Gasteiger partial charge on any atom is 0.267 e. The zero-order valence-electron chi connectivity index (χ0n) is 15.8. The van der Waals surface area contributed by atoms with Gasteiger partial charge in [0, 0.05) is 42.9 Å². The molecule has 0 fully saturated rings. The number of imidazole rings is 1. The molecule has 4 aromatic rings. The van der Waals surface area contributed by atoms with Crippen LogP contribution in [0.5, 0.6) is 0 Å². The molecule has 1 N–H and O–H groups in total. The Kier molecular flexibility index (Phi) is 5.52. The lowest BCUT2D eigenvalue weighted by Gasteiger charge is -2.11. The van der Waals surface area contributed by atoms with E-state index in [0.29, 0.717) is 18.8 Å². The van der Waals surface area contributed by atoms with Crippen LogP contribution in [0.25, 0.3) is 10.9 Å². The number of carbonyl (C=O) groups excluding carboxylic acids is 1. The molecule has 28 heavy (non-hydrogen) atoms. The Bertz CT molecular complexity index is 1040. The molecule has 0 aliphatic carbocycles. The Morgan fingerprint density at radius 2 is 1.82 bits per heavy atom. The molecular formula is C23H24N4O. The maximum atomic E-state index is 12.9. The number of fused-ring (bicyclic) bond motifs is 1. The Morgan fingerprint density at radius 3 is 2.64 bits per heavy atom. The van der Waals surface area contributed by atoms with Gasteiger partial charge in [-0.25, -0.2) is 4.98 Å². The van der Waals surface area contributed by atoms with Crippen LogP contribution in [0.4, 0.5) is 0 Å². The van der Waals surface area contributed by atoms with Crippen LogP contribution in [0, 0.1) is 0 Å². The second-order valence-electron chi connectivity index (χ2n) is 6.92. The van der Waals surface area contributed by atoms with Crippen LogP contribution in [-0.4, -0.2) is 26.6 Å². The summed E-state index contributed by atoms with van der Waals surface area (Å²) in [6.45, 7) is 2.27. The average molecular weight is 372 g/mol. The lowest BCUT2D eigenvalue weighted by atomic mass is 10.2. The van der Waals surface area contributed by atoms with Crippen molar-refractivity contribution in [2.24, 2.45) is 0 Å². The molecule has 2 aromatic heterocycles. The summed E-state index contributed by atoms with van der Waals surface area (Å²) in [5.41, 5.74) is 2.97. The number of hydrogen-bond acceptors (Lipinski definition) is 2. The highest BCUT2D eigenvalue weighted by molar-refractivity contribution is 5.98. The van der Waals surface area contributed by atoms with Gasteiger partial charge in [-0.1, -0.05) is 48.5 Å². The Labute approximate surface area is 164 Å². The highest BCUT2D eigenvalue weighted by atomic mass is 16.1. The predicted molar refractivity (Wildman–Crippen MR) is 111 cm³/mol. The molecule has 142 valence electrons. The third-order valence-corrected chi connectivity index (χ3v) is 4.91. The number of hydrogen-bond donors (Lipinski definition) is 1. The van der Waals surface area contributed by atoms with E-state index in [1.807, 2.05) is 48.9 Å². The van der Waals surface area contributed by atoms with Crippen LogP contribution in [0.1, 0.15) is 28.9 Å². The normalized spacial score (nSPS) is 11.0. The Morgan fingerprint density at radius 1 is 1.00 bits per heavy atom. The summed E-state index contributed by atoms with van der Waals surface area (Å²) in [6.07, 6.45) is 7.50. The number of benzene rings is 2. The van der Waals surface area contributed by atoms with E-state index in [0.717, 1.165) is 30.3 Å². The number of unbranched alkanes of at least 4 members (excludes halogenated alkanes) is 1. The third kappa shape index (κ3) is 4.14. The van der Waals surface area contributed by atoms with Crippen molar-refractivity contribution in [2.75, 3.05) is 6.54 Å². The Balaban J connectivity index is 1.44. The summed E-state index contributed by atoms with van der Waals surface area (Å²) >= 11 is 0. The SMILES string of the molecule is O=C(NCCCCn1ccnc1)c1cc2ccccc2n1Cc1ccccc1. The lowest BCUT2D eigenvalue weighted by molar-refractivity contribution is 0.0944. The Hall–Kier alpha value is -3.34. The summed E-state index contributed by atoms with van der Waals surface area (Å²) in [5.74, 6) is -0.0187. The molecule has 0 atom stereocenters. The smallest absolute Gasteiger partial charge is 0.267 e. The largest absolute Gasteiger partial charge is 0.351 e. The summed E-state index contributed by atoms with van der Waals surface area (Å²) in [5, 5.41) is 4.17. The predicted octanol–water partition coefficient (Wildman–Crippen LogP) is 4.10. The fraction of sp³-hybridized carbons (Fsp3) is 0.217. The molecule has 0 saturated carbocycles. The molecule has 0 aliphatic rings. The van der Waals surface area contributed by atoms with Gasteiger partial charge in [0.15, 0.2) is 0 Å². The van der Waals surface area contributed by atoms with Gasteiger partial charge in [-0.15, -0.1) is 0 Å². The van der Waals surface area contributed by atoms with E-state index in [1.54, 1.807) is 6.20 Å². The van der Waals surface area contributed by atoms with E-state index < -0.39 is 0 Å². The van der Waals surface area contributed by atoms with Gasteiger partial charge in [-0.05, 0) is 30.5 Å². The van der Waals surface area contributed by atoms with Crippen molar-refractivity contribution < 1.29 is 4.79 Å². The first-order valence-corrected chi connectivity index (χ1v) is 9.67. The van der Waals surface area contributed by atoms with Gasteiger partial charge < -0.3 is 14.5 Å². The van der Waals surface area contributed by atoms with E-state index >= 15 is 0 Å². The number of aromatic nitrogens is 3. The second-order valence-corrected chi connectivity index (χ2v) is 6.92. The van der Waals surface area contributed by atoms with Crippen LogP contribution >= 0.6 is 0 Å².